The average Bonchev–Trinajstić information content (AvgIpc) is 3.24. The SMILES string of the molecule is Cc1cccc(N2CC(c3nc(-c4cccc(Cl)c4)no3)CC2=O)c1C. The number of aryl methyl sites for hydroxylation is 1. The summed E-state index contributed by atoms with van der Waals surface area (Å²) in [6.07, 6.45) is 0.366. The molecule has 0 aliphatic carbocycles. The maximum absolute atomic E-state index is 12.6. The van der Waals surface area contributed by atoms with E-state index in [-0.39, 0.29) is 11.8 Å². The summed E-state index contributed by atoms with van der Waals surface area (Å²) in [5, 5.41) is 4.67. The highest BCUT2D eigenvalue weighted by molar-refractivity contribution is 6.30. The zero-order chi connectivity index (χ0) is 18.3. The molecular formula is C20H18ClN3O2. The van der Waals surface area contributed by atoms with Crippen molar-refractivity contribution in [3.8, 4) is 11.4 Å². The number of hydrogen-bond donors (Lipinski definition) is 0. The number of amides is 1. The normalized spacial score (nSPS) is 17.1. The van der Waals surface area contributed by atoms with Crippen LogP contribution in [0.3, 0.4) is 0 Å². The Morgan fingerprint density at radius 1 is 1.19 bits per heavy atom. The van der Waals surface area contributed by atoms with E-state index < -0.39 is 0 Å². The lowest BCUT2D eigenvalue weighted by molar-refractivity contribution is -0.117. The molecule has 3 aromatic rings. The van der Waals surface area contributed by atoms with Crippen LogP contribution >= 0.6 is 11.6 Å². The van der Waals surface area contributed by atoms with Gasteiger partial charge >= 0.3 is 0 Å². The fourth-order valence-electron chi connectivity index (χ4n) is 3.28. The summed E-state index contributed by atoms with van der Waals surface area (Å²) in [6, 6.07) is 13.3. The maximum Gasteiger partial charge on any atom is 0.232 e. The molecule has 1 atom stereocenters. The van der Waals surface area contributed by atoms with Crippen molar-refractivity contribution in [3.05, 3.63) is 64.5 Å². The number of halogens is 1. The van der Waals surface area contributed by atoms with Crippen LogP contribution in [-0.2, 0) is 4.79 Å². The lowest BCUT2D eigenvalue weighted by Gasteiger charge is -2.19. The first-order valence-electron chi connectivity index (χ1n) is 8.49. The van der Waals surface area contributed by atoms with E-state index in [9.17, 15) is 4.79 Å². The van der Waals surface area contributed by atoms with E-state index in [2.05, 4.69) is 10.1 Å². The molecule has 1 amide bonds. The van der Waals surface area contributed by atoms with Gasteiger partial charge < -0.3 is 9.42 Å². The molecule has 1 fully saturated rings. The molecule has 0 N–H and O–H groups in total. The van der Waals surface area contributed by atoms with Gasteiger partial charge in [-0.25, -0.2) is 0 Å². The number of rotatable bonds is 3. The number of carbonyl (C=O) groups excluding carboxylic acids is 1. The quantitative estimate of drug-likeness (QED) is 0.682. The monoisotopic (exact) mass is 367 g/mol. The van der Waals surface area contributed by atoms with E-state index in [0.717, 1.165) is 16.8 Å². The van der Waals surface area contributed by atoms with E-state index in [1.165, 1.54) is 5.56 Å². The predicted molar refractivity (Wildman–Crippen MR) is 100 cm³/mol. The first kappa shape index (κ1) is 16.8. The molecule has 6 heteroatoms. The number of nitrogens with zero attached hydrogens (tertiary/aromatic N) is 3. The third kappa shape index (κ3) is 2.99. The molecule has 2 heterocycles. The first-order chi connectivity index (χ1) is 12.5. The van der Waals surface area contributed by atoms with Gasteiger partial charge in [-0.1, -0.05) is 41.0 Å². The molecule has 0 bridgehead atoms. The van der Waals surface area contributed by atoms with Crippen LogP contribution in [0, 0.1) is 13.8 Å². The number of hydrogen-bond acceptors (Lipinski definition) is 4. The van der Waals surface area contributed by atoms with Crippen LogP contribution in [0.2, 0.25) is 5.02 Å². The van der Waals surface area contributed by atoms with Crippen molar-refractivity contribution >= 4 is 23.2 Å². The first-order valence-corrected chi connectivity index (χ1v) is 8.87. The second-order valence-corrected chi connectivity index (χ2v) is 7.03. The average molecular weight is 368 g/mol. The molecule has 0 radical (unpaired) electrons. The van der Waals surface area contributed by atoms with E-state index in [0.29, 0.717) is 29.7 Å². The Kier molecular flexibility index (Phi) is 4.24. The third-order valence-electron chi connectivity index (χ3n) is 4.87. The molecule has 132 valence electrons. The molecule has 1 aliphatic rings. The van der Waals surface area contributed by atoms with Gasteiger partial charge in [0.1, 0.15) is 0 Å². The summed E-state index contributed by atoms with van der Waals surface area (Å²) < 4.78 is 5.45. The van der Waals surface area contributed by atoms with Gasteiger partial charge in [0.2, 0.25) is 17.6 Å². The highest BCUT2D eigenvalue weighted by Gasteiger charge is 2.35. The summed E-state index contributed by atoms with van der Waals surface area (Å²) in [6.45, 7) is 4.63. The minimum atomic E-state index is -0.108. The molecule has 1 unspecified atom stereocenters. The van der Waals surface area contributed by atoms with Crippen molar-refractivity contribution in [3.63, 3.8) is 0 Å². The summed E-state index contributed by atoms with van der Waals surface area (Å²) >= 11 is 6.02. The van der Waals surface area contributed by atoms with Gasteiger partial charge in [0, 0.05) is 29.2 Å². The molecule has 1 saturated heterocycles. The molecule has 1 aromatic heterocycles. The summed E-state index contributed by atoms with van der Waals surface area (Å²) in [5.41, 5.74) is 4.03. The number of carbonyl (C=O) groups is 1. The van der Waals surface area contributed by atoms with Gasteiger partial charge in [-0.3, -0.25) is 4.79 Å². The molecule has 4 rings (SSSR count). The van der Waals surface area contributed by atoms with Crippen LogP contribution in [0.25, 0.3) is 11.4 Å². The fraction of sp³-hybridized carbons (Fsp3) is 0.250. The Labute approximate surface area is 156 Å². The lowest BCUT2D eigenvalue weighted by atomic mass is 10.1. The molecule has 1 aliphatic heterocycles. The van der Waals surface area contributed by atoms with Crippen LogP contribution in [0.5, 0.6) is 0 Å². The smallest absolute Gasteiger partial charge is 0.232 e. The van der Waals surface area contributed by atoms with Crippen molar-refractivity contribution in [1.29, 1.82) is 0 Å². The second kappa shape index (κ2) is 6.57. The number of anilines is 1. The largest absolute Gasteiger partial charge is 0.339 e. The standard InChI is InChI=1S/C20H18ClN3O2/c1-12-5-3-8-17(13(12)2)24-11-15(10-18(24)25)20-22-19(23-26-20)14-6-4-7-16(21)9-14/h3-9,15H,10-11H2,1-2H3. The Morgan fingerprint density at radius 2 is 2.00 bits per heavy atom. The van der Waals surface area contributed by atoms with Gasteiger partial charge in [0.15, 0.2) is 0 Å². The molecule has 0 saturated carbocycles. The van der Waals surface area contributed by atoms with Crippen LogP contribution < -0.4 is 4.90 Å². The number of benzene rings is 2. The second-order valence-electron chi connectivity index (χ2n) is 6.59. The van der Waals surface area contributed by atoms with Gasteiger partial charge in [0.05, 0.1) is 5.92 Å². The minimum Gasteiger partial charge on any atom is -0.339 e. The summed E-state index contributed by atoms with van der Waals surface area (Å²) in [4.78, 5) is 18.9. The van der Waals surface area contributed by atoms with E-state index in [1.54, 1.807) is 12.1 Å². The highest BCUT2D eigenvalue weighted by Crippen LogP contribution is 2.34. The summed E-state index contributed by atoms with van der Waals surface area (Å²) in [5.74, 6) is 0.940. The lowest BCUT2D eigenvalue weighted by Crippen LogP contribution is -2.25. The van der Waals surface area contributed by atoms with Crippen molar-refractivity contribution in [1.82, 2.24) is 10.1 Å². The van der Waals surface area contributed by atoms with Gasteiger partial charge in [-0.2, -0.15) is 4.98 Å². The van der Waals surface area contributed by atoms with Crippen LogP contribution in [-0.4, -0.2) is 22.6 Å². The zero-order valence-electron chi connectivity index (χ0n) is 14.6. The van der Waals surface area contributed by atoms with E-state index in [4.69, 9.17) is 16.1 Å². The van der Waals surface area contributed by atoms with Crippen molar-refractivity contribution in [2.75, 3.05) is 11.4 Å². The molecule has 0 spiro atoms. The Hall–Kier alpha value is -2.66. The van der Waals surface area contributed by atoms with Gasteiger partial charge in [-0.15, -0.1) is 0 Å². The van der Waals surface area contributed by atoms with Gasteiger partial charge in [-0.05, 0) is 43.2 Å². The zero-order valence-corrected chi connectivity index (χ0v) is 15.3. The molecule has 2 aromatic carbocycles. The highest BCUT2D eigenvalue weighted by atomic mass is 35.5. The fourth-order valence-corrected chi connectivity index (χ4v) is 3.47. The van der Waals surface area contributed by atoms with Crippen LogP contribution in [0.15, 0.2) is 47.0 Å². The van der Waals surface area contributed by atoms with Crippen molar-refractivity contribution in [2.45, 2.75) is 26.2 Å². The van der Waals surface area contributed by atoms with Crippen molar-refractivity contribution in [2.24, 2.45) is 0 Å². The Morgan fingerprint density at radius 3 is 2.81 bits per heavy atom. The van der Waals surface area contributed by atoms with Gasteiger partial charge in [0.25, 0.3) is 0 Å². The topological polar surface area (TPSA) is 59.2 Å². The minimum absolute atomic E-state index is 0.0752. The molecule has 5 nitrogen and oxygen atoms in total. The molecule has 26 heavy (non-hydrogen) atoms. The van der Waals surface area contributed by atoms with E-state index >= 15 is 0 Å². The number of aromatic nitrogens is 2. The van der Waals surface area contributed by atoms with E-state index in [1.807, 2.05) is 49.1 Å². The Bertz CT molecular complexity index is 983. The summed E-state index contributed by atoms with van der Waals surface area (Å²) in [7, 11) is 0. The van der Waals surface area contributed by atoms with Crippen molar-refractivity contribution < 1.29 is 9.32 Å². The predicted octanol–water partition coefficient (Wildman–Crippen LogP) is 4.53. The van der Waals surface area contributed by atoms with Crippen LogP contribution in [0.1, 0.15) is 29.4 Å². The van der Waals surface area contributed by atoms with Crippen LogP contribution in [0.4, 0.5) is 5.69 Å². The Balaban J connectivity index is 1.59. The molecular weight excluding hydrogens is 350 g/mol. The third-order valence-corrected chi connectivity index (χ3v) is 5.10. The maximum atomic E-state index is 12.6.